The molecule has 0 radical (unpaired) electrons. The van der Waals surface area contributed by atoms with E-state index >= 15 is 0 Å². The predicted octanol–water partition coefficient (Wildman–Crippen LogP) is 3.39. The van der Waals surface area contributed by atoms with Gasteiger partial charge in [0.2, 0.25) is 0 Å². The summed E-state index contributed by atoms with van der Waals surface area (Å²) in [4.78, 5) is 24.6. The van der Waals surface area contributed by atoms with Crippen molar-refractivity contribution >= 4 is 17.8 Å². The molecule has 32 heavy (non-hydrogen) atoms. The van der Waals surface area contributed by atoms with E-state index in [1.54, 1.807) is 0 Å². The number of ether oxygens (including phenoxy) is 3. The molecule has 2 aromatic rings. The van der Waals surface area contributed by atoms with E-state index in [1.165, 1.54) is 5.56 Å². The van der Waals surface area contributed by atoms with Gasteiger partial charge in [-0.15, -0.1) is 0 Å². The van der Waals surface area contributed by atoms with E-state index in [2.05, 4.69) is 29.8 Å². The average Bonchev–Trinajstić information content (AvgIpc) is 3.37. The van der Waals surface area contributed by atoms with E-state index in [4.69, 9.17) is 14.2 Å². The molecule has 2 aliphatic rings. The molecule has 0 unspecified atom stereocenters. The lowest BCUT2D eigenvalue weighted by Gasteiger charge is -2.18. The summed E-state index contributed by atoms with van der Waals surface area (Å²) in [6, 6.07) is 16.7. The number of hydrogen-bond donors (Lipinski definition) is 3. The first-order valence-corrected chi connectivity index (χ1v) is 10.9. The van der Waals surface area contributed by atoms with Crippen molar-refractivity contribution in [1.29, 1.82) is 0 Å². The number of urea groups is 1. The third kappa shape index (κ3) is 5.38. The molecule has 8 nitrogen and oxygen atoms in total. The Balaban J connectivity index is 1.23. The molecular weight excluding hydrogens is 410 g/mol. The molecule has 0 bridgehead atoms. The fraction of sp³-hybridized carbons (Fsp3) is 0.417. The van der Waals surface area contributed by atoms with Gasteiger partial charge in [-0.05, 0) is 29.2 Å². The SMILES string of the molecule is CC(C)c1ccc(NC(=O)O[C@@H]2CO[C@H]3[C@@H]2OC[C@@H]3NC(=O)NCc2ccccc2)cc1. The number of benzene rings is 2. The van der Waals surface area contributed by atoms with E-state index in [1.807, 2.05) is 54.6 Å². The maximum absolute atomic E-state index is 12.3. The minimum Gasteiger partial charge on any atom is -0.441 e. The monoisotopic (exact) mass is 439 g/mol. The first kappa shape index (κ1) is 22.1. The summed E-state index contributed by atoms with van der Waals surface area (Å²) in [6.07, 6.45) is -1.87. The summed E-state index contributed by atoms with van der Waals surface area (Å²) >= 11 is 0. The van der Waals surface area contributed by atoms with Crippen molar-refractivity contribution in [2.75, 3.05) is 18.5 Å². The molecule has 170 valence electrons. The van der Waals surface area contributed by atoms with Crippen LogP contribution < -0.4 is 16.0 Å². The van der Waals surface area contributed by atoms with Crippen molar-refractivity contribution in [2.24, 2.45) is 0 Å². The molecule has 0 saturated carbocycles. The highest BCUT2D eigenvalue weighted by Crippen LogP contribution is 2.29. The van der Waals surface area contributed by atoms with Crippen LogP contribution in [0.1, 0.15) is 30.9 Å². The van der Waals surface area contributed by atoms with Gasteiger partial charge in [-0.1, -0.05) is 56.3 Å². The maximum Gasteiger partial charge on any atom is 0.412 e. The van der Waals surface area contributed by atoms with Gasteiger partial charge < -0.3 is 24.8 Å². The molecule has 4 atom stereocenters. The lowest BCUT2D eigenvalue weighted by atomic mass is 10.0. The number of fused-ring (bicyclic) bond motifs is 1. The Labute approximate surface area is 187 Å². The Hall–Kier alpha value is -3.10. The van der Waals surface area contributed by atoms with E-state index in [0.717, 1.165) is 5.56 Å². The van der Waals surface area contributed by atoms with Crippen LogP contribution in [-0.2, 0) is 20.8 Å². The second-order valence-electron chi connectivity index (χ2n) is 8.36. The average molecular weight is 440 g/mol. The van der Waals surface area contributed by atoms with Gasteiger partial charge in [0.1, 0.15) is 12.2 Å². The summed E-state index contributed by atoms with van der Waals surface area (Å²) < 4.78 is 17.1. The zero-order valence-electron chi connectivity index (χ0n) is 18.2. The van der Waals surface area contributed by atoms with Crippen LogP contribution in [0.3, 0.4) is 0 Å². The Kier molecular flexibility index (Phi) is 6.92. The molecule has 0 spiro atoms. The lowest BCUT2D eigenvalue weighted by Crippen LogP contribution is -2.48. The molecule has 2 heterocycles. The second kappa shape index (κ2) is 10.0. The third-order valence-corrected chi connectivity index (χ3v) is 5.70. The number of carbonyl (C=O) groups excluding carboxylic acids is 2. The quantitative estimate of drug-likeness (QED) is 0.641. The van der Waals surface area contributed by atoms with Crippen molar-refractivity contribution in [3.63, 3.8) is 0 Å². The molecule has 4 rings (SSSR count). The first-order chi connectivity index (χ1) is 15.5. The summed E-state index contributed by atoms with van der Waals surface area (Å²) in [5, 5.41) is 8.46. The molecule has 2 saturated heterocycles. The fourth-order valence-corrected chi connectivity index (χ4v) is 3.92. The van der Waals surface area contributed by atoms with E-state index < -0.39 is 18.3 Å². The number of rotatable bonds is 6. The smallest absolute Gasteiger partial charge is 0.412 e. The van der Waals surface area contributed by atoms with Crippen LogP contribution in [-0.4, -0.2) is 49.7 Å². The molecule has 3 amide bonds. The minimum atomic E-state index is -0.558. The van der Waals surface area contributed by atoms with Gasteiger partial charge in [-0.3, -0.25) is 5.32 Å². The van der Waals surface area contributed by atoms with Crippen molar-refractivity contribution in [3.05, 3.63) is 65.7 Å². The van der Waals surface area contributed by atoms with E-state index in [-0.39, 0.29) is 24.8 Å². The lowest BCUT2D eigenvalue weighted by molar-refractivity contribution is 0.00872. The number of anilines is 1. The number of hydrogen-bond acceptors (Lipinski definition) is 5. The van der Waals surface area contributed by atoms with Crippen molar-refractivity contribution in [3.8, 4) is 0 Å². The minimum absolute atomic E-state index is 0.221. The number of carbonyl (C=O) groups is 2. The van der Waals surface area contributed by atoms with Crippen LogP contribution in [0, 0.1) is 0 Å². The van der Waals surface area contributed by atoms with Crippen molar-refractivity contribution in [2.45, 2.75) is 50.7 Å². The van der Waals surface area contributed by atoms with Crippen molar-refractivity contribution in [1.82, 2.24) is 10.6 Å². The van der Waals surface area contributed by atoms with Crippen molar-refractivity contribution < 1.29 is 23.8 Å². The molecule has 0 aromatic heterocycles. The highest BCUT2D eigenvalue weighted by molar-refractivity contribution is 5.84. The van der Waals surface area contributed by atoms with Gasteiger partial charge >= 0.3 is 12.1 Å². The van der Waals surface area contributed by atoms with Gasteiger partial charge in [0.15, 0.2) is 6.10 Å². The van der Waals surface area contributed by atoms with Crippen LogP contribution in [0.25, 0.3) is 0 Å². The Bertz CT molecular complexity index is 919. The zero-order chi connectivity index (χ0) is 22.5. The topological polar surface area (TPSA) is 97.9 Å². The Morgan fingerprint density at radius 1 is 1.00 bits per heavy atom. The van der Waals surface area contributed by atoms with Gasteiger partial charge in [0.25, 0.3) is 0 Å². The van der Waals surface area contributed by atoms with Gasteiger partial charge in [-0.25, -0.2) is 9.59 Å². The molecular formula is C24H29N3O5. The Morgan fingerprint density at radius 2 is 1.72 bits per heavy atom. The van der Waals surface area contributed by atoms with Gasteiger partial charge in [0, 0.05) is 12.2 Å². The first-order valence-electron chi connectivity index (χ1n) is 10.9. The summed E-state index contributed by atoms with van der Waals surface area (Å²) in [5.74, 6) is 0.421. The molecule has 8 heteroatoms. The molecule has 2 fully saturated rings. The van der Waals surface area contributed by atoms with Crippen LogP contribution in [0.4, 0.5) is 15.3 Å². The van der Waals surface area contributed by atoms with Crippen LogP contribution >= 0.6 is 0 Å². The summed E-state index contributed by atoms with van der Waals surface area (Å²) in [7, 11) is 0. The highest BCUT2D eigenvalue weighted by Gasteiger charge is 2.50. The second-order valence-corrected chi connectivity index (χ2v) is 8.36. The van der Waals surface area contributed by atoms with Crippen LogP contribution in [0.5, 0.6) is 0 Å². The van der Waals surface area contributed by atoms with E-state index in [9.17, 15) is 9.59 Å². The third-order valence-electron chi connectivity index (χ3n) is 5.70. The zero-order valence-corrected chi connectivity index (χ0v) is 18.2. The summed E-state index contributed by atoms with van der Waals surface area (Å²) in [6.45, 7) is 5.18. The number of amides is 3. The standard InChI is InChI=1S/C24H29N3O5/c1-15(2)17-8-10-18(11-9-17)26-24(29)32-20-14-31-21-19(13-30-22(20)21)27-23(28)25-12-16-6-4-3-5-7-16/h3-11,15,19-22H,12-14H2,1-2H3,(H,26,29)(H2,25,27,28)/t19-,20+,21+,22+/m0/s1. The fourth-order valence-electron chi connectivity index (χ4n) is 3.92. The molecule has 0 aliphatic carbocycles. The van der Waals surface area contributed by atoms with E-state index in [0.29, 0.717) is 24.8 Å². The number of nitrogens with one attached hydrogen (secondary N) is 3. The van der Waals surface area contributed by atoms with Gasteiger partial charge in [-0.2, -0.15) is 0 Å². The molecule has 2 aromatic carbocycles. The molecule has 3 N–H and O–H groups in total. The Morgan fingerprint density at radius 3 is 2.44 bits per heavy atom. The maximum atomic E-state index is 12.3. The normalized spacial score (nSPS) is 24.1. The van der Waals surface area contributed by atoms with Crippen LogP contribution in [0.15, 0.2) is 54.6 Å². The van der Waals surface area contributed by atoms with Gasteiger partial charge in [0.05, 0.1) is 19.3 Å². The summed E-state index contributed by atoms with van der Waals surface area (Å²) in [5.41, 5.74) is 2.87. The highest BCUT2D eigenvalue weighted by atomic mass is 16.6. The van der Waals surface area contributed by atoms with Crippen LogP contribution in [0.2, 0.25) is 0 Å². The predicted molar refractivity (Wildman–Crippen MR) is 120 cm³/mol. The largest absolute Gasteiger partial charge is 0.441 e. The molecule has 2 aliphatic heterocycles.